The van der Waals surface area contributed by atoms with Crippen molar-refractivity contribution in [3.63, 3.8) is 0 Å². The minimum absolute atomic E-state index is 0.226. The van der Waals surface area contributed by atoms with Gasteiger partial charge in [-0.1, -0.05) is 30.3 Å². The summed E-state index contributed by atoms with van der Waals surface area (Å²) in [5, 5.41) is 0. The van der Waals surface area contributed by atoms with Gasteiger partial charge in [0.05, 0.1) is 6.04 Å². The standard InChI is InChI=1S/C15H19NO/c17-14-9-8-13-7-4-10-16(15(13)14)11-12-5-2-1-3-6-12/h1-3,5-6,13,15H,4,7-11H2. The summed E-state index contributed by atoms with van der Waals surface area (Å²) in [5.74, 6) is 1.12. The molecule has 0 N–H and O–H groups in total. The first-order valence-corrected chi connectivity index (χ1v) is 6.65. The van der Waals surface area contributed by atoms with E-state index in [0.717, 1.165) is 25.9 Å². The molecular formula is C15H19NO. The summed E-state index contributed by atoms with van der Waals surface area (Å²) in [6, 6.07) is 10.7. The minimum Gasteiger partial charge on any atom is -0.298 e. The van der Waals surface area contributed by atoms with Gasteiger partial charge in [-0.2, -0.15) is 0 Å². The highest BCUT2D eigenvalue weighted by atomic mass is 16.1. The average Bonchev–Trinajstić information content (AvgIpc) is 2.74. The van der Waals surface area contributed by atoms with E-state index in [1.807, 2.05) is 6.07 Å². The minimum atomic E-state index is 0.226. The second-order valence-electron chi connectivity index (χ2n) is 5.31. The number of carbonyl (C=O) groups is 1. The zero-order valence-electron chi connectivity index (χ0n) is 10.1. The summed E-state index contributed by atoms with van der Waals surface area (Å²) in [4.78, 5) is 14.4. The van der Waals surface area contributed by atoms with Crippen molar-refractivity contribution in [2.75, 3.05) is 6.54 Å². The number of hydrogen-bond donors (Lipinski definition) is 0. The van der Waals surface area contributed by atoms with Crippen LogP contribution in [0.15, 0.2) is 30.3 Å². The molecule has 2 atom stereocenters. The second kappa shape index (κ2) is 4.61. The van der Waals surface area contributed by atoms with E-state index in [1.165, 1.54) is 18.4 Å². The van der Waals surface area contributed by atoms with Crippen molar-refractivity contribution in [2.45, 2.75) is 38.3 Å². The summed E-state index contributed by atoms with van der Waals surface area (Å²) in [6.07, 6.45) is 4.43. The molecule has 2 nitrogen and oxygen atoms in total. The number of benzene rings is 1. The predicted octanol–water partition coefficient (Wildman–Crippen LogP) is 2.63. The number of ketones is 1. The van der Waals surface area contributed by atoms with Gasteiger partial charge in [-0.05, 0) is 37.3 Å². The van der Waals surface area contributed by atoms with Crippen molar-refractivity contribution in [3.05, 3.63) is 35.9 Å². The van der Waals surface area contributed by atoms with Crippen LogP contribution in [0.2, 0.25) is 0 Å². The molecule has 90 valence electrons. The molecule has 1 saturated heterocycles. The van der Waals surface area contributed by atoms with Crippen molar-refractivity contribution in [2.24, 2.45) is 5.92 Å². The van der Waals surface area contributed by atoms with Crippen molar-refractivity contribution in [3.8, 4) is 0 Å². The van der Waals surface area contributed by atoms with Crippen LogP contribution < -0.4 is 0 Å². The monoisotopic (exact) mass is 229 g/mol. The van der Waals surface area contributed by atoms with Crippen LogP contribution in [0.25, 0.3) is 0 Å². The molecule has 2 aliphatic rings. The van der Waals surface area contributed by atoms with Gasteiger partial charge in [0.2, 0.25) is 0 Å². The highest BCUT2D eigenvalue weighted by molar-refractivity contribution is 5.86. The quantitative estimate of drug-likeness (QED) is 0.777. The van der Waals surface area contributed by atoms with E-state index in [2.05, 4.69) is 29.2 Å². The van der Waals surface area contributed by atoms with Gasteiger partial charge in [-0.15, -0.1) is 0 Å². The number of carbonyl (C=O) groups excluding carboxylic acids is 1. The van der Waals surface area contributed by atoms with Crippen molar-refractivity contribution >= 4 is 5.78 Å². The van der Waals surface area contributed by atoms with E-state index in [-0.39, 0.29) is 6.04 Å². The second-order valence-corrected chi connectivity index (χ2v) is 5.31. The highest BCUT2D eigenvalue weighted by Gasteiger charge is 2.40. The molecule has 0 bridgehead atoms. The number of Topliss-reactive ketones (excluding diaryl/α,β-unsaturated/α-hetero) is 1. The lowest BCUT2D eigenvalue weighted by Crippen LogP contribution is -2.45. The molecule has 1 aromatic carbocycles. The highest BCUT2D eigenvalue weighted by Crippen LogP contribution is 2.35. The van der Waals surface area contributed by atoms with Gasteiger partial charge in [-0.25, -0.2) is 0 Å². The Morgan fingerprint density at radius 3 is 2.82 bits per heavy atom. The smallest absolute Gasteiger partial charge is 0.150 e. The Kier molecular flexibility index (Phi) is 2.98. The van der Waals surface area contributed by atoms with Crippen LogP contribution in [0.5, 0.6) is 0 Å². The zero-order chi connectivity index (χ0) is 11.7. The maximum atomic E-state index is 12.0. The van der Waals surface area contributed by atoms with Crippen molar-refractivity contribution in [1.82, 2.24) is 4.90 Å². The maximum absolute atomic E-state index is 12.0. The summed E-state index contributed by atoms with van der Waals surface area (Å²) in [5.41, 5.74) is 1.33. The van der Waals surface area contributed by atoms with E-state index < -0.39 is 0 Å². The molecule has 2 unspecified atom stereocenters. The van der Waals surface area contributed by atoms with Crippen LogP contribution in [0, 0.1) is 5.92 Å². The molecule has 0 radical (unpaired) electrons. The summed E-state index contributed by atoms with van der Waals surface area (Å²) < 4.78 is 0. The van der Waals surface area contributed by atoms with Crippen molar-refractivity contribution < 1.29 is 4.79 Å². The third-order valence-corrected chi connectivity index (χ3v) is 4.18. The predicted molar refractivity (Wildman–Crippen MR) is 67.6 cm³/mol. The van der Waals surface area contributed by atoms with Crippen LogP contribution in [-0.4, -0.2) is 23.3 Å². The summed E-state index contributed by atoms with van der Waals surface area (Å²) >= 11 is 0. The molecule has 2 heteroatoms. The number of nitrogens with zero attached hydrogens (tertiary/aromatic N) is 1. The molecule has 0 aromatic heterocycles. The molecule has 0 spiro atoms. The first kappa shape index (κ1) is 11.0. The molecular weight excluding hydrogens is 210 g/mol. The zero-order valence-corrected chi connectivity index (χ0v) is 10.1. The largest absolute Gasteiger partial charge is 0.298 e. The van der Waals surface area contributed by atoms with E-state index in [9.17, 15) is 4.79 Å². The number of likely N-dealkylation sites (tertiary alicyclic amines) is 1. The van der Waals surface area contributed by atoms with Crippen LogP contribution >= 0.6 is 0 Å². The summed E-state index contributed by atoms with van der Waals surface area (Å²) in [7, 11) is 0. The molecule has 1 aliphatic carbocycles. The number of hydrogen-bond acceptors (Lipinski definition) is 2. The van der Waals surface area contributed by atoms with E-state index in [0.29, 0.717) is 11.7 Å². The lowest BCUT2D eigenvalue weighted by Gasteiger charge is -2.36. The Morgan fingerprint density at radius 2 is 2.00 bits per heavy atom. The Labute approximate surface area is 103 Å². The van der Waals surface area contributed by atoms with E-state index in [1.54, 1.807) is 0 Å². The lowest BCUT2D eigenvalue weighted by molar-refractivity contribution is -0.123. The maximum Gasteiger partial charge on any atom is 0.150 e. The van der Waals surface area contributed by atoms with Crippen LogP contribution in [-0.2, 0) is 11.3 Å². The van der Waals surface area contributed by atoms with Crippen molar-refractivity contribution in [1.29, 1.82) is 0 Å². The molecule has 1 aromatic rings. The third kappa shape index (κ3) is 2.14. The average molecular weight is 229 g/mol. The first-order chi connectivity index (χ1) is 8.34. The Hall–Kier alpha value is -1.15. The molecule has 1 aliphatic heterocycles. The fourth-order valence-electron chi connectivity index (χ4n) is 3.39. The molecule has 1 saturated carbocycles. The Morgan fingerprint density at radius 1 is 1.18 bits per heavy atom. The fraction of sp³-hybridized carbons (Fsp3) is 0.533. The number of rotatable bonds is 2. The van der Waals surface area contributed by atoms with E-state index in [4.69, 9.17) is 0 Å². The van der Waals surface area contributed by atoms with Gasteiger partial charge in [0, 0.05) is 13.0 Å². The first-order valence-electron chi connectivity index (χ1n) is 6.65. The summed E-state index contributed by atoms with van der Waals surface area (Å²) in [6.45, 7) is 2.02. The van der Waals surface area contributed by atoms with E-state index >= 15 is 0 Å². The number of fused-ring (bicyclic) bond motifs is 1. The third-order valence-electron chi connectivity index (χ3n) is 4.18. The fourth-order valence-corrected chi connectivity index (χ4v) is 3.39. The van der Waals surface area contributed by atoms with Gasteiger partial charge in [0.1, 0.15) is 5.78 Å². The molecule has 1 heterocycles. The Bertz CT molecular complexity index is 401. The molecule has 2 fully saturated rings. The molecule has 0 amide bonds. The molecule has 17 heavy (non-hydrogen) atoms. The van der Waals surface area contributed by atoms with Gasteiger partial charge in [0.15, 0.2) is 0 Å². The topological polar surface area (TPSA) is 20.3 Å². The molecule has 3 rings (SSSR count). The number of piperidine rings is 1. The van der Waals surface area contributed by atoms with Gasteiger partial charge in [-0.3, -0.25) is 9.69 Å². The van der Waals surface area contributed by atoms with Gasteiger partial charge in [0.25, 0.3) is 0 Å². The normalized spacial score (nSPS) is 29.3. The van der Waals surface area contributed by atoms with Crippen LogP contribution in [0.3, 0.4) is 0 Å². The van der Waals surface area contributed by atoms with Crippen LogP contribution in [0.4, 0.5) is 0 Å². The SMILES string of the molecule is O=C1CCC2CCCN(Cc3ccccc3)C12. The Balaban J connectivity index is 1.76. The van der Waals surface area contributed by atoms with Gasteiger partial charge >= 0.3 is 0 Å². The lowest BCUT2D eigenvalue weighted by atomic mass is 9.91. The van der Waals surface area contributed by atoms with Gasteiger partial charge < -0.3 is 0 Å². The van der Waals surface area contributed by atoms with Crippen LogP contribution in [0.1, 0.15) is 31.2 Å².